The van der Waals surface area contributed by atoms with Crippen molar-refractivity contribution in [3.8, 4) is 22.6 Å². The molecule has 2 amide bonds. The lowest BCUT2D eigenvalue weighted by molar-refractivity contribution is -0.120. The molecule has 0 spiro atoms. The first-order valence-electron chi connectivity index (χ1n) is 11.2. The van der Waals surface area contributed by atoms with Crippen molar-refractivity contribution in [2.75, 3.05) is 26.1 Å². The molecule has 0 saturated carbocycles. The molecule has 0 aromatic heterocycles. The summed E-state index contributed by atoms with van der Waals surface area (Å²) >= 11 is 0. The van der Waals surface area contributed by atoms with Gasteiger partial charge in [0.15, 0.2) is 0 Å². The van der Waals surface area contributed by atoms with E-state index in [0.29, 0.717) is 30.2 Å². The van der Waals surface area contributed by atoms with Crippen LogP contribution in [0.15, 0.2) is 72.8 Å². The van der Waals surface area contributed by atoms with Gasteiger partial charge in [-0.15, -0.1) is 0 Å². The average molecular weight is 461 g/mol. The van der Waals surface area contributed by atoms with Gasteiger partial charge in [0.05, 0.1) is 14.2 Å². The summed E-state index contributed by atoms with van der Waals surface area (Å²) in [6.45, 7) is 0.683. The smallest absolute Gasteiger partial charge is 0.410 e. The minimum Gasteiger partial charge on any atom is -0.497 e. The Morgan fingerprint density at radius 2 is 1.74 bits per heavy atom. The first-order valence-corrected chi connectivity index (χ1v) is 11.2. The predicted octanol–water partition coefficient (Wildman–Crippen LogP) is 5.11. The van der Waals surface area contributed by atoms with E-state index in [-0.39, 0.29) is 12.5 Å². The second-order valence-electron chi connectivity index (χ2n) is 8.02. The molecule has 3 aromatic carbocycles. The van der Waals surface area contributed by atoms with Crippen LogP contribution in [0.1, 0.15) is 18.4 Å². The van der Waals surface area contributed by atoms with Gasteiger partial charge in [-0.1, -0.05) is 42.5 Å². The van der Waals surface area contributed by atoms with Crippen LogP contribution in [-0.4, -0.2) is 43.7 Å². The number of carbonyl (C=O) groups excluding carboxylic acids is 2. The van der Waals surface area contributed by atoms with Gasteiger partial charge in [-0.3, -0.25) is 9.69 Å². The van der Waals surface area contributed by atoms with Crippen LogP contribution < -0.4 is 14.8 Å². The standard InChI is InChI=1S/C27H28N2O5/c1-32-22-14-15-23(25(17-22)33-2)20-10-12-21(13-11-20)28-26(30)24-9-6-16-29(24)27(31)34-18-19-7-4-3-5-8-19/h3-5,7-8,10-15,17,24H,6,9,16,18H2,1-2H3,(H,28,30). The normalized spacial score (nSPS) is 15.0. The molecule has 4 rings (SSSR count). The Balaban J connectivity index is 1.39. The third-order valence-corrected chi connectivity index (χ3v) is 5.87. The molecule has 1 saturated heterocycles. The van der Waals surface area contributed by atoms with Crippen molar-refractivity contribution >= 4 is 17.7 Å². The van der Waals surface area contributed by atoms with E-state index >= 15 is 0 Å². The molecular weight excluding hydrogens is 432 g/mol. The van der Waals surface area contributed by atoms with Crippen molar-refractivity contribution in [2.45, 2.75) is 25.5 Å². The topological polar surface area (TPSA) is 77.1 Å². The Hall–Kier alpha value is -4.00. The molecule has 1 aliphatic rings. The van der Waals surface area contributed by atoms with E-state index in [1.807, 2.05) is 72.8 Å². The molecule has 1 N–H and O–H groups in total. The van der Waals surface area contributed by atoms with Gasteiger partial charge in [0.25, 0.3) is 0 Å². The molecule has 176 valence electrons. The van der Waals surface area contributed by atoms with Crippen LogP contribution in [0.5, 0.6) is 11.5 Å². The zero-order valence-corrected chi connectivity index (χ0v) is 19.3. The number of anilines is 1. The number of hydrogen-bond donors (Lipinski definition) is 1. The molecule has 0 aliphatic carbocycles. The maximum absolute atomic E-state index is 12.9. The molecule has 34 heavy (non-hydrogen) atoms. The van der Waals surface area contributed by atoms with Gasteiger partial charge in [-0.2, -0.15) is 0 Å². The highest BCUT2D eigenvalue weighted by Gasteiger charge is 2.35. The van der Waals surface area contributed by atoms with E-state index in [0.717, 1.165) is 23.1 Å². The van der Waals surface area contributed by atoms with Gasteiger partial charge < -0.3 is 19.5 Å². The maximum atomic E-state index is 12.9. The quantitative estimate of drug-likeness (QED) is 0.530. The van der Waals surface area contributed by atoms with Gasteiger partial charge in [0.1, 0.15) is 24.1 Å². The minimum atomic E-state index is -0.551. The number of nitrogens with zero attached hydrogens (tertiary/aromatic N) is 1. The van der Waals surface area contributed by atoms with Crippen LogP contribution in [0.25, 0.3) is 11.1 Å². The van der Waals surface area contributed by atoms with Crippen LogP contribution in [0.3, 0.4) is 0 Å². The SMILES string of the molecule is COc1ccc(-c2ccc(NC(=O)C3CCCN3C(=O)OCc3ccccc3)cc2)c(OC)c1. The Morgan fingerprint density at radius 3 is 2.44 bits per heavy atom. The van der Waals surface area contributed by atoms with Crippen molar-refractivity contribution in [2.24, 2.45) is 0 Å². The van der Waals surface area contributed by atoms with Crippen molar-refractivity contribution < 1.29 is 23.8 Å². The fourth-order valence-electron chi connectivity index (χ4n) is 4.06. The van der Waals surface area contributed by atoms with Gasteiger partial charge in [0.2, 0.25) is 5.91 Å². The van der Waals surface area contributed by atoms with Gasteiger partial charge >= 0.3 is 6.09 Å². The summed E-state index contributed by atoms with van der Waals surface area (Å²) in [7, 11) is 3.23. The number of rotatable bonds is 7. The molecule has 0 bridgehead atoms. The molecule has 1 atom stereocenters. The van der Waals surface area contributed by atoms with Crippen LogP contribution in [0, 0.1) is 0 Å². The Labute approximate surface area is 199 Å². The first-order chi connectivity index (χ1) is 16.6. The predicted molar refractivity (Wildman–Crippen MR) is 130 cm³/mol. The monoisotopic (exact) mass is 460 g/mol. The average Bonchev–Trinajstić information content (AvgIpc) is 3.38. The summed E-state index contributed by atoms with van der Waals surface area (Å²) in [5, 5.41) is 2.93. The lowest BCUT2D eigenvalue weighted by Crippen LogP contribution is -2.43. The van der Waals surface area contributed by atoms with E-state index in [9.17, 15) is 9.59 Å². The Kier molecular flexibility index (Phi) is 7.32. The summed E-state index contributed by atoms with van der Waals surface area (Å²) in [5.41, 5.74) is 3.43. The molecule has 7 heteroatoms. The zero-order valence-electron chi connectivity index (χ0n) is 19.3. The number of amides is 2. The minimum absolute atomic E-state index is 0.181. The summed E-state index contributed by atoms with van der Waals surface area (Å²) < 4.78 is 16.2. The maximum Gasteiger partial charge on any atom is 0.410 e. The number of carbonyl (C=O) groups is 2. The number of nitrogens with one attached hydrogen (secondary N) is 1. The van der Waals surface area contributed by atoms with E-state index < -0.39 is 12.1 Å². The summed E-state index contributed by atoms with van der Waals surface area (Å²) in [5.74, 6) is 1.20. The van der Waals surface area contributed by atoms with Crippen LogP contribution in [-0.2, 0) is 16.1 Å². The van der Waals surface area contributed by atoms with Crippen molar-refractivity contribution in [1.29, 1.82) is 0 Å². The second kappa shape index (κ2) is 10.7. The first kappa shape index (κ1) is 23.2. The van der Waals surface area contributed by atoms with Crippen LogP contribution in [0.2, 0.25) is 0 Å². The van der Waals surface area contributed by atoms with Gasteiger partial charge in [-0.05, 0) is 48.2 Å². The fourth-order valence-corrected chi connectivity index (χ4v) is 4.06. The molecule has 7 nitrogen and oxygen atoms in total. The molecule has 1 fully saturated rings. The highest BCUT2D eigenvalue weighted by molar-refractivity contribution is 5.97. The number of ether oxygens (including phenoxy) is 3. The van der Waals surface area contributed by atoms with Crippen LogP contribution in [0.4, 0.5) is 10.5 Å². The van der Waals surface area contributed by atoms with E-state index in [1.54, 1.807) is 14.2 Å². The molecule has 3 aromatic rings. The second-order valence-corrected chi connectivity index (χ2v) is 8.02. The number of benzene rings is 3. The fraction of sp³-hybridized carbons (Fsp3) is 0.259. The van der Waals surface area contributed by atoms with Crippen molar-refractivity contribution in [3.05, 3.63) is 78.4 Å². The molecular formula is C27H28N2O5. The van der Waals surface area contributed by atoms with E-state index in [4.69, 9.17) is 14.2 Å². The van der Waals surface area contributed by atoms with E-state index in [2.05, 4.69) is 5.32 Å². The summed E-state index contributed by atoms with van der Waals surface area (Å²) in [4.78, 5) is 27.0. The van der Waals surface area contributed by atoms with Gasteiger partial charge in [0, 0.05) is 23.9 Å². The third kappa shape index (κ3) is 5.31. The lowest BCUT2D eigenvalue weighted by atomic mass is 10.0. The number of methoxy groups -OCH3 is 2. The third-order valence-electron chi connectivity index (χ3n) is 5.87. The Morgan fingerprint density at radius 1 is 0.971 bits per heavy atom. The number of hydrogen-bond acceptors (Lipinski definition) is 5. The molecule has 1 aliphatic heterocycles. The highest BCUT2D eigenvalue weighted by atomic mass is 16.6. The van der Waals surface area contributed by atoms with E-state index in [1.165, 1.54) is 4.90 Å². The molecule has 1 unspecified atom stereocenters. The number of likely N-dealkylation sites (tertiary alicyclic amines) is 1. The molecule has 0 radical (unpaired) electrons. The van der Waals surface area contributed by atoms with Crippen molar-refractivity contribution in [3.63, 3.8) is 0 Å². The highest BCUT2D eigenvalue weighted by Crippen LogP contribution is 2.34. The summed E-state index contributed by atoms with van der Waals surface area (Å²) in [6, 6.07) is 22.1. The largest absolute Gasteiger partial charge is 0.497 e. The Bertz CT molecular complexity index is 1130. The lowest BCUT2D eigenvalue weighted by Gasteiger charge is -2.23. The van der Waals surface area contributed by atoms with Gasteiger partial charge in [-0.25, -0.2) is 4.79 Å². The van der Waals surface area contributed by atoms with Crippen LogP contribution >= 0.6 is 0 Å². The summed E-state index contributed by atoms with van der Waals surface area (Å²) in [6.07, 6.45) is 0.894. The van der Waals surface area contributed by atoms with Crippen molar-refractivity contribution in [1.82, 2.24) is 4.90 Å². The zero-order chi connectivity index (χ0) is 23.9. The molecule has 1 heterocycles.